The van der Waals surface area contributed by atoms with Crippen LogP contribution >= 0.6 is 11.6 Å². The van der Waals surface area contributed by atoms with Gasteiger partial charge in [0.05, 0.1) is 5.56 Å². The number of carbonyl (C=O) groups excluding carboxylic acids is 1. The number of rotatable bonds is 5. The molecule has 1 N–H and O–H groups in total. The van der Waals surface area contributed by atoms with E-state index in [-0.39, 0.29) is 11.3 Å². The molecule has 0 aliphatic carbocycles. The quantitative estimate of drug-likeness (QED) is 0.862. The van der Waals surface area contributed by atoms with E-state index in [1.807, 2.05) is 0 Å². The summed E-state index contributed by atoms with van der Waals surface area (Å²) >= 11 is 5.74. The minimum absolute atomic E-state index is 0.0127. The molecule has 0 fully saturated rings. The van der Waals surface area contributed by atoms with Gasteiger partial charge in [0.15, 0.2) is 12.4 Å². The number of benzene rings is 2. The molecule has 0 atom stereocenters. The fourth-order valence-electron chi connectivity index (χ4n) is 1.70. The van der Waals surface area contributed by atoms with Crippen molar-refractivity contribution in [3.63, 3.8) is 0 Å². The monoisotopic (exact) mass is 308 g/mol. The van der Waals surface area contributed by atoms with Gasteiger partial charge in [0.1, 0.15) is 11.6 Å². The van der Waals surface area contributed by atoms with Crippen LogP contribution < -0.4 is 4.74 Å². The van der Waals surface area contributed by atoms with Crippen molar-refractivity contribution in [3.05, 3.63) is 64.4 Å². The summed E-state index contributed by atoms with van der Waals surface area (Å²) in [7, 11) is 0. The molecule has 0 spiro atoms. The van der Waals surface area contributed by atoms with Crippen molar-refractivity contribution in [1.82, 2.24) is 0 Å². The summed E-state index contributed by atoms with van der Waals surface area (Å²) in [5, 5.41) is 9.07. The van der Waals surface area contributed by atoms with Gasteiger partial charge in [-0.05, 0) is 42.5 Å². The van der Waals surface area contributed by atoms with Crippen LogP contribution in [0.3, 0.4) is 0 Å². The molecule has 4 nitrogen and oxygen atoms in total. The second kappa shape index (κ2) is 6.37. The number of carboxylic acid groups (broad SMARTS) is 1. The molecule has 0 aromatic heterocycles. The molecule has 21 heavy (non-hydrogen) atoms. The molecule has 0 radical (unpaired) electrons. The van der Waals surface area contributed by atoms with Crippen molar-refractivity contribution in [3.8, 4) is 5.75 Å². The summed E-state index contributed by atoms with van der Waals surface area (Å²) in [4.78, 5) is 22.9. The molecule has 0 saturated heterocycles. The Labute approximate surface area is 124 Å². The molecular weight excluding hydrogens is 299 g/mol. The minimum atomic E-state index is -1.19. The van der Waals surface area contributed by atoms with Gasteiger partial charge in [-0.2, -0.15) is 0 Å². The zero-order valence-electron chi connectivity index (χ0n) is 10.7. The predicted octanol–water partition coefficient (Wildman–Crippen LogP) is 3.17. The molecular formula is C15H10ClFO4. The lowest BCUT2D eigenvalue weighted by molar-refractivity contribution is -0.139. The third-order valence-corrected chi connectivity index (χ3v) is 2.90. The Morgan fingerprint density at radius 2 is 1.81 bits per heavy atom. The van der Waals surface area contributed by atoms with Crippen molar-refractivity contribution in [2.24, 2.45) is 0 Å². The number of carboxylic acids is 1. The van der Waals surface area contributed by atoms with E-state index < -0.39 is 24.2 Å². The number of aliphatic carboxylic acids is 1. The molecule has 108 valence electrons. The van der Waals surface area contributed by atoms with Gasteiger partial charge in [-0.15, -0.1) is 0 Å². The SMILES string of the molecule is O=C(O)COc1ccc(F)cc1C(=O)c1ccc(Cl)cc1. The van der Waals surface area contributed by atoms with Gasteiger partial charge in [-0.1, -0.05) is 11.6 Å². The second-order valence-electron chi connectivity index (χ2n) is 4.16. The van der Waals surface area contributed by atoms with E-state index in [1.54, 1.807) is 0 Å². The lowest BCUT2D eigenvalue weighted by Gasteiger charge is -2.09. The maximum Gasteiger partial charge on any atom is 0.341 e. The summed E-state index contributed by atoms with van der Waals surface area (Å²) < 4.78 is 18.3. The Balaban J connectivity index is 2.36. The highest BCUT2D eigenvalue weighted by Crippen LogP contribution is 2.23. The van der Waals surface area contributed by atoms with E-state index in [4.69, 9.17) is 21.4 Å². The predicted molar refractivity (Wildman–Crippen MR) is 74.4 cm³/mol. The Kier molecular flexibility index (Phi) is 4.55. The number of hydrogen-bond donors (Lipinski definition) is 1. The van der Waals surface area contributed by atoms with Crippen LogP contribution in [0, 0.1) is 5.82 Å². The first-order valence-electron chi connectivity index (χ1n) is 5.92. The summed E-state index contributed by atoms with van der Waals surface area (Å²) in [6.07, 6.45) is 0. The van der Waals surface area contributed by atoms with Gasteiger partial charge >= 0.3 is 5.97 Å². The van der Waals surface area contributed by atoms with Crippen molar-refractivity contribution in [2.45, 2.75) is 0 Å². The van der Waals surface area contributed by atoms with Gasteiger partial charge in [0.2, 0.25) is 0 Å². The summed E-state index contributed by atoms with van der Waals surface area (Å²) in [5.41, 5.74) is 0.253. The first kappa shape index (κ1) is 15.0. The van der Waals surface area contributed by atoms with Crippen LogP contribution in [0.1, 0.15) is 15.9 Å². The maximum atomic E-state index is 13.3. The maximum absolute atomic E-state index is 13.3. The number of ether oxygens (including phenoxy) is 1. The van der Waals surface area contributed by atoms with Crippen LogP contribution in [-0.4, -0.2) is 23.5 Å². The third kappa shape index (κ3) is 3.79. The van der Waals surface area contributed by atoms with Gasteiger partial charge in [-0.25, -0.2) is 9.18 Å². The Morgan fingerprint density at radius 1 is 1.14 bits per heavy atom. The van der Waals surface area contributed by atoms with E-state index in [2.05, 4.69) is 0 Å². The largest absolute Gasteiger partial charge is 0.481 e. The van der Waals surface area contributed by atoms with E-state index in [9.17, 15) is 14.0 Å². The van der Waals surface area contributed by atoms with Crippen molar-refractivity contribution in [2.75, 3.05) is 6.61 Å². The van der Waals surface area contributed by atoms with E-state index >= 15 is 0 Å². The molecule has 0 aliphatic rings. The Bertz CT molecular complexity index is 683. The number of halogens is 2. The highest BCUT2D eigenvalue weighted by Gasteiger charge is 2.16. The van der Waals surface area contributed by atoms with Crippen molar-refractivity contribution >= 4 is 23.4 Å². The van der Waals surface area contributed by atoms with Gasteiger partial charge in [0.25, 0.3) is 0 Å². The van der Waals surface area contributed by atoms with E-state index in [1.165, 1.54) is 30.3 Å². The Morgan fingerprint density at radius 3 is 2.43 bits per heavy atom. The second-order valence-corrected chi connectivity index (χ2v) is 4.60. The molecule has 0 heterocycles. The number of ketones is 1. The number of hydrogen-bond acceptors (Lipinski definition) is 3. The van der Waals surface area contributed by atoms with Crippen molar-refractivity contribution in [1.29, 1.82) is 0 Å². The molecule has 0 bridgehead atoms. The molecule has 6 heteroatoms. The van der Waals surface area contributed by atoms with Crippen molar-refractivity contribution < 1.29 is 23.8 Å². The lowest BCUT2D eigenvalue weighted by atomic mass is 10.0. The van der Waals surface area contributed by atoms with Crippen LogP contribution in [0.4, 0.5) is 4.39 Å². The topological polar surface area (TPSA) is 63.6 Å². The first-order chi connectivity index (χ1) is 9.97. The molecule has 0 saturated carbocycles. The van der Waals surface area contributed by atoms with E-state index in [0.29, 0.717) is 10.6 Å². The molecule has 2 rings (SSSR count). The van der Waals surface area contributed by atoms with Gasteiger partial charge in [-0.3, -0.25) is 4.79 Å². The molecule has 0 unspecified atom stereocenters. The normalized spacial score (nSPS) is 10.2. The van der Waals surface area contributed by atoms with Crippen LogP contribution in [0.15, 0.2) is 42.5 Å². The lowest BCUT2D eigenvalue weighted by Crippen LogP contribution is -2.12. The summed E-state index contributed by atoms with van der Waals surface area (Å²) in [5.74, 6) is -2.27. The van der Waals surface area contributed by atoms with E-state index in [0.717, 1.165) is 12.1 Å². The minimum Gasteiger partial charge on any atom is -0.481 e. The van der Waals surface area contributed by atoms with Crippen LogP contribution in [0.5, 0.6) is 5.75 Å². The zero-order chi connectivity index (χ0) is 15.4. The third-order valence-electron chi connectivity index (χ3n) is 2.64. The molecule has 0 aliphatic heterocycles. The average Bonchev–Trinajstić information content (AvgIpc) is 2.46. The smallest absolute Gasteiger partial charge is 0.341 e. The number of carbonyl (C=O) groups is 2. The molecule has 2 aromatic carbocycles. The van der Waals surface area contributed by atoms with Crippen LogP contribution in [-0.2, 0) is 4.79 Å². The van der Waals surface area contributed by atoms with Crippen LogP contribution in [0.25, 0.3) is 0 Å². The summed E-state index contributed by atoms with van der Waals surface area (Å²) in [6, 6.07) is 9.39. The average molecular weight is 309 g/mol. The highest BCUT2D eigenvalue weighted by molar-refractivity contribution is 6.30. The molecule has 0 amide bonds. The van der Waals surface area contributed by atoms with Gasteiger partial charge in [0, 0.05) is 10.6 Å². The van der Waals surface area contributed by atoms with Gasteiger partial charge < -0.3 is 9.84 Å². The fraction of sp³-hybridized carbons (Fsp3) is 0.0667. The van der Waals surface area contributed by atoms with Crippen LogP contribution in [0.2, 0.25) is 5.02 Å². The Hall–Kier alpha value is -2.40. The fourth-order valence-corrected chi connectivity index (χ4v) is 1.83. The highest BCUT2D eigenvalue weighted by atomic mass is 35.5. The standard InChI is InChI=1S/C15H10ClFO4/c16-10-3-1-9(2-4-10)15(20)12-7-11(17)5-6-13(12)21-8-14(18)19/h1-7H,8H2,(H,18,19). The summed E-state index contributed by atoms with van der Waals surface area (Å²) in [6.45, 7) is -0.619. The zero-order valence-corrected chi connectivity index (χ0v) is 11.4. The first-order valence-corrected chi connectivity index (χ1v) is 6.29. The molecule has 2 aromatic rings.